The number of anilines is 1. The quantitative estimate of drug-likeness (QED) is 0.570. The summed E-state index contributed by atoms with van der Waals surface area (Å²) in [5.41, 5.74) is 2.25. The molecule has 0 aliphatic rings. The van der Waals surface area contributed by atoms with E-state index in [9.17, 15) is 18.0 Å². The van der Waals surface area contributed by atoms with Crippen LogP contribution in [0.4, 0.5) is 5.69 Å². The molecule has 33 heavy (non-hydrogen) atoms. The number of benzene rings is 2. The Bertz CT molecular complexity index is 1050. The van der Waals surface area contributed by atoms with Gasteiger partial charge < -0.3 is 15.0 Å². The fourth-order valence-corrected chi connectivity index (χ4v) is 4.09. The lowest BCUT2D eigenvalue weighted by Gasteiger charge is -2.32. The molecule has 2 aromatic rings. The second-order valence-electron chi connectivity index (χ2n) is 8.31. The molecule has 0 fully saturated rings. The van der Waals surface area contributed by atoms with Crippen LogP contribution in [0.3, 0.4) is 0 Å². The van der Waals surface area contributed by atoms with Crippen LogP contribution in [-0.2, 0) is 26.2 Å². The fourth-order valence-electron chi connectivity index (χ4n) is 3.24. The van der Waals surface area contributed by atoms with Crippen molar-refractivity contribution in [2.45, 2.75) is 46.3 Å². The highest BCUT2D eigenvalue weighted by Crippen LogP contribution is 2.22. The molecule has 0 unspecified atom stereocenters. The zero-order valence-corrected chi connectivity index (χ0v) is 20.8. The summed E-state index contributed by atoms with van der Waals surface area (Å²) in [5, 5.41) is 2.82. The highest BCUT2D eigenvalue weighted by molar-refractivity contribution is 7.92. The van der Waals surface area contributed by atoms with E-state index in [0.29, 0.717) is 11.4 Å². The third kappa shape index (κ3) is 7.49. The molecule has 180 valence electrons. The van der Waals surface area contributed by atoms with Gasteiger partial charge in [0, 0.05) is 12.6 Å². The lowest BCUT2D eigenvalue weighted by Crippen LogP contribution is -2.52. The first kappa shape index (κ1) is 26.2. The number of amides is 2. The second kappa shape index (κ2) is 11.2. The van der Waals surface area contributed by atoms with Gasteiger partial charge in [0.25, 0.3) is 0 Å². The van der Waals surface area contributed by atoms with Crippen LogP contribution >= 0.6 is 0 Å². The number of rotatable bonds is 10. The Morgan fingerprint density at radius 3 is 2.06 bits per heavy atom. The Morgan fingerprint density at radius 2 is 1.58 bits per heavy atom. The van der Waals surface area contributed by atoms with Crippen molar-refractivity contribution in [1.29, 1.82) is 0 Å². The number of ether oxygens (including phenoxy) is 1. The number of hydrogen-bond donors (Lipinski definition) is 1. The van der Waals surface area contributed by atoms with Gasteiger partial charge in [-0.3, -0.25) is 13.9 Å². The third-order valence-corrected chi connectivity index (χ3v) is 6.25. The SMILES string of the molecule is COc1ccc(N(CC(=O)N(Cc2ccc(C)cc2)[C@@H](C)C(=O)NC(C)C)S(C)(=O)=O)cc1. The summed E-state index contributed by atoms with van der Waals surface area (Å²) in [6, 6.07) is 13.1. The van der Waals surface area contributed by atoms with Gasteiger partial charge >= 0.3 is 0 Å². The normalized spacial score (nSPS) is 12.2. The molecule has 2 amide bonds. The smallest absolute Gasteiger partial charge is 0.244 e. The number of sulfonamides is 1. The maximum Gasteiger partial charge on any atom is 0.244 e. The van der Waals surface area contributed by atoms with Gasteiger partial charge in [-0.2, -0.15) is 0 Å². The van der Waals surface area contributed by atoms with Crippen molar-refractivity contribution in [3.8, 4) is 5.75 Å². The van der Waals surface area contributed by atoms with Crippen LogP contribution in [0.5, 0.6) is 5.75 Å². The van der Waals surface area contributed by atoms with E-state index in [2.05, 4.69) is 5.32 Å². The topological polar surface area (TPSA) is 96.0 Å². The van der Waals surface area contributed by atoms with Crippen LogP contribution in [0.25, 0.3) is 0 Å². The number of methoxy groups -OCH3 is 1. The van der Waals surface area contributed by atoms with E-state index in [1.165, 1.54) is 12.0 Å². The van der Waals surface area contributed by atoms with Crippen molar-refractivity contribution >= 4 is 27.5 Å². The highest BCUT2D eigenvalue weighted by atomic mass is 32.2. The van der Waals surface area contributed by atoms with Gasteiger partial charge in [-0.1, -0.05) is 29.8 Å². The second-order valence-corrected chi connectivity index (χ2v) is 10.2. The summed E-state index contributed by atoms with van der Waals surface area (Å²) >= 11 is 0. The molecule has 1 atom stereocenters. The maximum atomic E-state index is 13.4. The lowest BCUT2D eigenvalue weighted by molar-refractivity contribution is -0.139. The molecule has 8 nitrogen and oxygen atoms in total. The van der Waals surface area contributed by atoms with Crippen LogP contribution in [0, 0.1) is 6.92 Å². The van der Waals surface area contributed by atoms with Crippen LogP contribution < -0.4 is 14.4 Å². The zero-order valence-electron chi connectivity index (χ0n) is 20.0. The summed E-state index contributed by atoms with van der Waals surface area (Å²) in [6.45, 7) is 7.02. The summed E-state index contributed by atoms with van der Waals surface area (Å²) in [7, 11) is -2.25. The van der Waals surface area contributed by atoms with Gasteiger partial charge in [0.2, 0.25) is 21.8 Å². The molecule has 9 heteroatoms. The molecule has 0 saturated heterocycles. The summed E-state index contributed by atoms with van der Waals surface area (Å²) < 4.78 is 31.2. The van der Waals surface area contributed by atoms with Gasteiger partial charge in [-0.15, -0.1) is 0 Å². The molecule has 0 saturated carbocycles. The Balaban J connectivity index is 2.36. The molecule has 0 aliphatic heterocycles. The van der Waals surface area contributed by atoms with E-state index >= 15 is 0 Å². The Kier molecular flexibility index (Phi) is 8.87. The van der Waals surface area contributed by atoms with E-state index in [1.807, 2.05) is 45.0 Å². The molecule has 0 radical (unpaired) electrons. The van der Waals surface area contributed by atoms with Gasteiger partial charge in [0.1, 0.15) is 18.3 Å². The van der Waals surface area contributed by atoms with Crippen molar-refractivity contribution in [2.75, 3.05) is 24.2 Å². The van der Waals surface area contributed by atoms with Gasteiger partial charge in [0.05, 0.1) is 19.1 Å². The monoisotopic (exact) mass is 475 g/mol. The van der Waals surface area contributed by atoms with Crippen LogP contribution in [0.1, 0.15) is 31.9 Å². The average molecular weight is 476 g/mol. The van der Waals surface area contributed by atoms with Crippen LogP contribution in [0.15, 0.2) is 48.5 Å². The molecule has 1 N–H and O–H groups in total. The number of carbonyl (C=O) groups excluding carboxylic acids is 2. The average Bonchev–Trinajstić information content (AvgIpc) is 2.75. The predicted octanol–water partition coefficient (Wildman–Crippen LogP) is 2.71. The Morgan fingerprint density at radius 1 is 1.00 bits per heavy atom. The molecule has 0 spiro atoms. The van der Waals surface area contributed by atoms with Crippen molar-refractivity contribution in [1.82, 2.24) is 10.2 Å². The van der Waals surface area contributed by atoms with E-state index < -0.39 is 28.5 Å². The molecular weight excluding hydrogens is 442 g/mol. The highest BCUT2D eigenvalue weighted by Gasteiger charge is 2.30. The predicted molar refractivity (Wildman–Crippen MR) is 130 cm³/mol. The number of nitrogens with zero attached hydrogens (tertiary/aromatic N) is 2. The zero-order chi connectivity index (χ0) is 24.8. The largest absolute Gasteiger partial charge is 0.497 e. The molecular formula is C24H33N3O5S. The number of nitrogens with one attached hydrogen (secondary N) is 1. The van der Waals surface area contributed by atoms with E-state index in [0.717, 1.165) is 21.7 Å². The number of hydrogen-bond acceptors (Lipinski definition) is 5. The molecule has 0 aliphatic carbocycles. The molecule has 2 rings (SSSR count). The minimum Gasteiger partial charge on any atom is -0.497 e. The first-order valence-electron chi connectivity index (χ1n) is 10.7. The minimum absolute atomic E-state index is 0.0944. The standard InChI is InChI=1S/C24H33N3O5S/c1-17(2)25-24(29)19(4)26(15-20-9-7-18(3)8-10-20)23(28)16-27(33(6,30)31)21-11-13-22(32-5)14-12-21/h7-14,17,19H,15-16H2,1-6H3,(H,25,29)/t19-/m0/s1. The van der Waals surface area contributed by atoms with Crippen molar-refractivity contribution in [2.24, 2.45) is 0 Å². The number of aryl methyl sites for hydroxylation is 1. The molecule has 0 heterocycles. The lowest BCUT2D eigenvalue weighted by atomic mass is 10.1. The van der Waals surface area contributed by atoms with Crippen molar-refractivity contribution < 1.29 is 22.7 Å². The summed E-state index contributed by atoms with van der Waals surface area (Å²) in [4.78, 5) is 27.5. The first-order chi connectivity index (χ1) is 15.4. The summed E-state index contributed by atoms with van der Waals surface area (Å²) in [6.07, 6.45) is 1.05. The minimum atomic E-state index is -3.77. The Labute approximate surface area is 196 Å². The van der Waals surface area contributed by atoms with E-state index in [4.69, 9.17) is 4.74 Å². The van der Waals surface area contributed by atoms with Crippen molar-refractivity contribution in [3.63, 3.8) is 0 Å². The molecule has 0 aromatic heterocycles. The maximum absolute atomic E-state index is 13.4. The molecule has 2 aromatic carbocycles. The van der Waals surface area contributed by atoms with Crippen LogP contribution in [-0.4, -0.2) is 57.1 Å². The molecule has 0 bridgehead atoms. The van der Waals surface area contributed by atoms with E-state index in [1.54, 1.807) is 31.2 Å². The van der Waals surface area contributed by atoms with Crippen LogP contribution in [0.2, 0.25) is 0 Å². The van der Waals surface area contributed by atoms with E-state index in [-0.39, 0.29) is 18.5 Å². The third-order valence-electron chi connectivity index (χ3n) is 5.11. The van der Waals surface area contributed by atoms with Gasteiger partial charge in [-0.25, -0.2) is 8.42 Å². The Hall–Kier alpha value is -3.07. The number of carbonyl (C=O) groups is 2. The van der Waals surface area contributed by atoms with Gasteiger partial charge in [0.15, 0.2) is 0 Å². The first-order valence-corrected chi connectivity index (χ1v) is 12.5. The van der Waals surface area contributed by atoms with Crippen molar-refractivity contribution in [3.05, 3.63) is 59.7 Å². The summed E-state index contributed by atoms with van der Waals surface area (Å²) in [5.74, 6) is -0.220. The van der Waals surface area contributed by atoms with Gasteiger partial charge in [-0.05, 0) is 57.5 Å². The fraction of sp³-hybridized carbons (Fsp3) is 0.417.